The molecule has 0 bridgehead atoms. The van der Waals surface area contributed by atoms with Gasteiger partial charge in [0.25, 0.3) is 11.7 Å². The van der Waals surface area contributed by atoms with Gasteiger partial charge >= 0.3 is 0 Å². The van der Waals surface area contributed by atoms with Crippen LogP contribution in [0.5, 0.6) is 11.5 Å². The van der Waals surface area contributed by atoms with Gasteiger partial charge in [0.2, 0.25) is 0 Å². The van der Waals surface area contributed by atoms with E-state index in [9.17, 15) is 19.8 Å². The Balaban J connectivity index is 1.93. The number of nitrogens with zero attached hydrogens (tertiary/aromatic N) is 1. The van der Waals surface area contributed by atoms with E-state index in [1.165, 1.54) is 30.2 Å². The van der Waals surface area contributed by atoms with Crippen LogP contribution in [0.3, 0.4) is 0 Å². The number of aliphatic hydroxyl groups excluding tert-OH is 1. The lowest BCUT2D eigenvalue weighted by Gasteiger charge is -2.25. The fourth-order valence-electron chi connectivity index (χ4n) is 3.64. The number of methoxy groups -OCH3 is 1. The number of anilines is 1. The molecule has 6 nitrogen and oxygen atoms in total. The molecule has 3 aromatic rings. The molecule has 1 amide bonds. The molecule has 32 heavy (non-hydrogen) atoms. The summed E-state index contributed by atoms with van der Waals surface area (Å²) in [6.45, 7) is 0. The van der Waals surface area contributed by atoms with Crippen LogP contribution in [0.15, 0.2) is 72.3 Å². The van der Waals surface area contributed by atoms with Crippen LogP contribution in [-0.4, -0.2) is 29.0 Å². The summed E-state index contributed by atoms with van der Waals surface area (Å²) in [5.41, 5.74) is 1.12. The van der Waals surface area contributed by atoms with Gasteiger partial charge in [-0.15, -0.1) is 0 Å². The summed E-state index contributed by atoms with van der Waals surface area (Å²) < 4.78 is 5.14. The highest BCUT2D eigenvalue weighted by Gasteiger charge is 2.47. The monoisotopic (exact) mass is 469 g/mol. The van der Waals surface area contributed by atoms with Crippen LogP contribution in [0, 0.1) is 0 Å². The molecule has 0 spiro atoms. The molecule has 0 radical (unpaired) electrons. The van der Waals surface area contributed by atoms with Crippen molar-refractivity contribution >= 4 is 46.3 Å². The van der Waals surface area contributed by atoms with Gasteiger partial charge in [0.05, 0.1) is 23.7 Å². The van der Waals surface area contributed by atoms with Gasteiger partial charge < -0.3 is 14.9 Å². The molecule has 1 saturated heterocycles. The summed E-state index contributed by atoms with van der Waals surface area (Å²) in [7, 11) is 1.46. The minimum absolute atomic E-state index is 0.0270. The van der Waals surface area contributed by atoms with Crippen molar-refractivity contribution in [3.05, 3.63) is 93.5 Å². The van der Waals surface area contributed by atoms with Gasteiger partial charge in [-0.05, 0) is 60.2 Å². The molecule has 0 saturated carbocycles. The summed E-state index contributed by atoms with van der Waals surface area (Å²) in [6.07, 6.45) is 0. The molecule has 0 aromatic heterocycles. The third-order valence-corrected chi connectivity index (χ3v) is 5.73. The highest BCUT2D eigenvalue weighted by molar-refractivity contribution is 6.51. The lowest BCUT2D eigenvalue weighted by Crippen LogP contribution is -2.29. The zero-order valence-corrected chi connectivity index (χ0v) is 18.3. The van der Waals surface area contributed by atoms with Crippen LogP contribution in [0.4, 0.5) is 5.69 Å². The lowest BCUT2D eigenvalue weighted by atomic mass is 9.95. The fraction of sp³-hybridized carbons (Fsp3) is 0.0833. The van der Waals surface area contributed by atoms with Crippen LogP contribution >= 0.6 is 23.2 Å². The predicted octanol–water partition coefficient (Wildman–Crippen LogP) is 5.33. The second kappa shape index (κ2) is 8.57. The van der Waals surface area contributed by atoms with Crippen LogP contribution in [0.1, 0.15) is 17.2 Å². The quantitative estimate of drug-likeness (QED) is 0.306. The number of aromatic hydroxyl groups is 1. The van der Waals surface area contributed by atoms with Crippen LogP contribution in [0.2, 0.25) is 10.0 Å². The predicted molar refractivity (Wildman–Crippen MR) is 122 cm³/mol. The first-order valence-corrected chi connectivity index (χ1v) is 10.3. The number of benzene rings is 3. The molecule has 1 heterocycles. The first kappa shape index (κ1) is 21.7. The van der Waals surface area contributed by atoms with E-state index >= 15 is 0 Å². The molecule has 1 aliphatic heterocycles. The maximum Gasteiger partial charge on any atom is 0.300 e. The number of hydrogen-bond acceptors (Lipinski definition) is 5. The van der Waals surface area contributed by atoms with E-state index in [2.05, 4.69) is 0 Å². The molecular formula is C24H17Cl2NO5. The lowest BCUT2D eigenvalue weighted by molar-refractivity contribution is -0.132. The van der Waals surface area contributed by atoms with Crippen molar-refractivity contribution in [1.82, 2.24) is 0 Å². The molecule has 3 aromatic carbocycles. The van der Waals surface area contributed by atoms with Crippen molar-refractivity contribution in [3.63, 3.8) is 0 Å². The molecular weight excluding hydrogens is 453 g/mol. The molecule has 4 rings (SSSR count). The van der Waals surface area contributed by atoms with E-state index in [1.807, 2.05) is 0 Å². The van der Waals surface area contributed by atoms with Crippen molar-refractivity contribution in [2.75, 3.05) is 12.0 Å². The minimum Gasteiger partial charge on any atom is -0.508 e. The van der Waals surface area contributed by atoms with Crippen molar-refractivity contribution in [1.29, 1.82) is 0 Å². The molecule has 8 heteroatoms. The number of amides is 1. The topological polar surface area (TPSA) is 87.1 Å². The maximum atomic E-state index is 13.1. The zero-order valence-electron chi connectivity index (χ0n) is 16.8. The minimum atomic E-state index is -0.933. The number of carbonyl (C=O) groups is 2. The van der Waals surface area contributed by atoms with Gasteiger partial charge in [-0.1, -0.05) is 35.3 Å². The number of ketones is 1. The first-order valence-electron chi connectivity index (χ1n) is 9.51. The van der Waals surface area contributed by atoms with E-state index in [-0.39, 0.29) is 27.7 Å². The van der Waals surface area contributed by atoms with E-state index in [4.69, 9.17) is 27.9 Å². The van der Waals surface area contributed by atoms with Gasteiger partial charge in [0.15, 0.2) is 0 Å². The standard InChI is InChI=1S/C24H17Cl2NO5/c1-32-19-11-4-14(12-18(19)26)22(29)20-21(13-2-9-17(28)10-3-13)27(24(31)23(20)30)16-7-5-15(25)6-8-16/h2-12,21,28-29H,1H3/b22-20-. The Labute approximate surface area is 193 Å². The van der Waals surface area contributed by atoms with E-state index in [1.54, 1.807) is 48.5 Å². The Morgan fingerprint density at radius 2 is 1.62 bits per heavy atom. The number of ether oxygens (including phenoxy) is 1. The van der Waals surface area contributed by atoms with Gasteiger partial charge in [-0.2, -0.15) is 0 Å². The number of halogens is 2. The Morgan fingerprint density at radius 3 is 2.22 bits per heavy atom. The van der Waals surface area contributed by atoms with Crippen LogP contribution < -0.4 is 9.64 Å². The Hall–Kier alpha value is -3.48. The van der Waals surface area contributed by atoms with Gasteiger partial charge in [0.1, 0.15) is 17.3 Å². The zero-order chi connectivity index (χ0) is 23.0. The normalized spacial score (nSPS) is 17.6. The van der Waals surface area contributed by atoms with Crippen LogP contribution in [-0.2, 0) is 9.59 Å². The summed E-state index contributed by atoms with van der Waals surface area (Å²) >= 11 is 12.2. The number of aliphatic hydroxyl groups is 1. The number of Topliss-reactive ketones (excluding diaryl/α,β-unsaturated/α-hetero) is 1. The second-order valence-electron chi connectivity index (χ2n) is 7.09. The molecule has 1 aliphatic rings. The first-order chi connectivity index (χ1) is 15.3. The van der Waals surface area contributed by atoms with Gasteiger partial charge in [0, 0.05) is 16.3 Å². The molecule has 162 valence electrons. The van der Waals surface area contributed by atoms with Gasteiger partial charge in [-0.25, -0.2) is 0 Å². The summed E-state index contributed by atoms with van der Waals surface area (Å²) in [6, 6.07) is 16.1. The number of phenols is 1. The molecule has 1 atom stereocenters. The third kappa shape index (κ3) is 3.79. The number of rotatable bonds is 4. The highest BCUT2D eigenvalue weighted by Crippen LogP contribution is 2.43. The molecule has 1 unspecified atom stereocenters. The molecule has 0 aliphatic carbocycles. The van der Waals surface area contributed by atoms with E-state index in [0.29, 0.717) is 22.0 Å². The number of hydrogen-bond donors (Lipinski definition) is 2. The average Bonchev–Trinajstić information content (AvgIpc) is 3.05. The Kier molecular flexibility index (Phi) is 5.82. The smallest absolute Gasteiger partial charge is 0.300 e. The van der Waals surface area contributed by atoms with Crippen LogP contribution in [0.25, 0.3) is 5.76 Å². The number of phenolic OH excluding ortho intramolecular Hbond substituents is 1. The van der Waals surface area contributed by atoms with E-state index in [0.717, 1.165) is 0 Å². The van der Waals surface area contributed by atoms with E-state index < -0.39 is 17.7 Å². The molecule has 1 fully saturated rings. The fourth-order valence-corrected chi connectivity index (χ4v) is 4.03. The maximum absolute atomic E-state index is 13.1. The summed E-state index contributed by atoms with van der Waals surface area (Å²) in [5, 5.41) is 21.5. The molecule has 2 N–H and O–H groups in total. The van der Waals surface area contributed by atoms with Crippen molar-refractivity contribution < 1.29 is 24.5 Å². The van der Waals surface area contributed by atoms with Crippen molar-refractivity contribution in [2.24, 2.45) is 0 Å². The number of carbonyl (C=O) groups excluding carboxylic acids is 2. The summed E-state index contributed by atoms with van der Waals surface area (Å²) in [5.74, 6) is -1.59. The third-order valence-electron chi connectivity index (χ3n) is 5.18. The summed E-state index contributed by atoms with van der Waals surface area (Å²) in [4.78, 5) is 27.4. The van der Waals surface area contributed by atoms with Crippen molar-refractivity contribution in [2.45, 2.75) is 6.04 Å². The Bertz CT molecular complexity index is 1240. The van der Waals surface area contributed by atoms with Crippen molar-refractivity contribution in [3.8, 4) is 11.5 Å². The second-order valence-corrected chi connectivity index (χ2v) is 7.93. The SMILES string of the molecule is COc1ccc(/C(O)=C2/C(=O)C(=O)N(c3ccc(Cl)cc3)C2c2ccc(O)cc2)cc1Cl. The average molecular weight is 470 g/mol. The van der Waals surface area contributed by atoms with Gasteiger partial charge in [-0.3, -0.25) is 14.5 Å². The largest absolute Gasteiger partial charge is 0.508 e. The Morgan fingerprint density at radius 1 is 0.969 bits per heavy atom. The highest BCUT2D eigenvalue weighted by atomic mass is 35.5.